The summed E-state index contributed by atoms with van der Waals surface area (Å²) in [6, 6.07) is 15.4. The molecule has 0 bridgehead atoms. The zero-order valence-electron chi connectivity index (χ0n) is 12.3. The van der Waals surface area contributed by atoms with Gasteiger partial charge in [0.1, 0.15) is 17.5 Å². The second-order valence-corrected chi connectivity index (χ2v) is 5.93. The average molecular weight is 323 g/mol. The molecule has 114 valence electrons. The first kappa shape index (κ1) is 13.8. The van der Waals surface area contributed by atoms with Gasteiger partial charge in [0, 0.05) is 6.20 Å². The molecule has 0 fully saturated rings. The molecule has 6 nitrogen and oxygen atoms in total. The second-order valence-electron chi connectivity index (χ2n) is 4.95. The van der Waals surface area contributed by atoms with E-state index >= 15 is 0 Å². The van der Waals surface area contributed by atoms with E-state index in [0.29, 0.717) is 5.82 Å². The number of aromatic nitrogens is 5. The van der Waals surface area contributed by atoms with Crippen molar-refractivity contribution in [3.8, 4) is 17.3 Å². The number of ether oxygens (including phenoxy) is 1. The van der Waals surface area contributed by atoms with Gasteiger partial charge in [0.05, 0.1) is 0 Å². The normalized spacial score (nSPS) is 12.4. The molecule has 3 heterocycles. The summed E-state index contributed by atoms with van der Waals surface area (Å²) in [6.07, 6.45) is 1.56. The third-order valence-electron chi connectivity index (χ3n) is 3.30. The summed E-state index contributed by atoms with van der Waals surface area (Å²) in [5, 5.41) is 13.8. The number of hydrogen-bond donors (Lipinski definition) is 0. The van der Waals surface area contributed by atoms with Crippen molar-refractivity contribution in [1.29, 1.82) is 0 Å². The minimum atomic E-state index is -0.166. The Morgan fingerprint density at radius 3 is 2.65 bits per heavy atom. The molecule has 4 aromatic rings. The lowest BCUT2D eigenvalue weighted by Crippen LogP contribution is -2.04. The van der Waals surface area contributed by atoms with Crippen LogP contribution in [0.5, 0.6) is 5.75 Å². The number of nitrogens with zero attached hydrogens (tertiary/aromatic N) is 5. The molecule has 0 amide bonds. The van der Waals surface area contributed by atoms with Crippen LogP contribution in [0.1, 0.15) is 18.0 Å². The minimum absolute atomic E-state index is 0.166. The second kappa shape index (κ2) is 5.77. The first-order valence-electron chi connectivity index (χ1n) is 7.16. The molecule has 0 radical (unpaired) electrons. The van der Waals surface area contributed by atoms with E-state index in [1.807, 2.05) is 55.5 Å². The van der Waals surface area contributed by atoms with Gasteiger partial charge in [-0.2, -0.15) is 9.61 Å². The molecule has 0 saturated heterocycles. The van der Waals surface area contributed by atoms with Crippen LogP contribution >= 0.6 is 11.3 Å². The smallest absolute Gasteiger partial charge is 0.235 e. The maximum absolute atomic E-state index is 5.92. The molecule has 3 aromatic heterocycles. The number of rotatable bonds is 4. The van der Waals surface area contributed by atoms with Gasteiger partial charge in [0.25, 0.3) is 0 Å². The van der Waals surface area contributed by atoms with Gasteiger partial charge in [-0.3, -0.25) is 4.98 Å². The Bertz CT molecular complexity index is 919. The van der Waals surface area contributed by atoms with Crippen LogP contribution in [0, 0.1) is 0 Å². The lowest BCUT2D eigenvalue weighted by molar-refractivity contribution is 0.225. The molecule has 4 rings (SSSR count). The summed E-state index contributed by atoms with van der Waals surface area (Å²) < 4.78 is 7.63. The summed E-state index contributed by atoms with van der Waals surface area (Å²) in [4.78, 5) is 5.03. The molecular weight excluding hydrogens is 310 g/mol. The first-order chi connectivity index (χ1) is 11.3. The molecule has 0 aliphatic carbocycles. The van der Waals surface area contributed by atoms with Crippen molar-refractivity contribution in [3.05, 3.63) is 59.7 Å². The molecular formula is C16H13N5OS. The van der Waals surface area contributed by atoms with Crippen LogP contribution in [0.4, 0.5) is 0 Å². The summed E-state index contributed by atoms with van der Waals surface area (Å²) in [5.41, 5.74) is 0.744. The Kier molecular flexibility index (Phi) is 3.47. The van der Waals surface area contributed by atoms with Crippen LogP contribution in [0.25, 0.3) is 16.5 Å². The van der Waals surface area contributed by atoms with Crippen LogP contribution in [-0.2, 0) is 0 Å². The van der Waals surface area contributed by atoms with Gasteiger partial charge in [-0.25, -0.2) is 0 Å². The predicted octanol–water partition coefficient (Wildman–Crippen LogP) is 3.39. The van der Waals surface area contributed by atoms with Gasteiger partial charge >= 0.3 is 0 Å². The van der Waals surface area contributed by atoms with Gasteiger partial charge in [-0.15, -0.1) is 10.2 Å². The van der Waals surface area contributed by atoms with E-state index in [2.05, 4.69) is 20.3 Å². The molecule has 0 N–H and O–H groups in total. The highest BCUT2D eigenvalue weighted by atomic mass is 32.1. The molecule has 0 saturated carbocycles. The minimum Gasteiger partial charge on any atom is -0.483 e. The van der Waals surface area contributed by atoms with Crippen LogP contribution in [0.15, 0.2) is 54.7 Å². The molecule has 0 unspecified atom stereocenters. The Morgan fingerprint density at radius 2 is 1.87 bits per heavy atom. The summed E-state index contributed by atoms with van der Waals surface area (Å²) >= 11 is 1.47. The van der Waals surface area contributed by atoms with Gasteiger partial charge in [0.15, 0.2) is 5.01 Å². The maximum atomic E-state index is 5.92. The molecule has 7 heteroatoms. The standard InChI is InChI=1S/C16H13N5OS/c1-11(22-12-7-3-2-4-8-12)15-20-21-14(18-19-16(21)23-15)13-9-5-6-10-17-13/h2-11H,1H3/t11-/m0/s1. The SMILES string of the molecule is C[C@H](Oc1ccccc1)c1nn2c(-c3ccccn3)nnc2s1. The van der Waals surface area contributed by atoms with Gasteiger partial charge in [-0.1, -0.05) is 35.6 Å². The van der Waals surface area contributed by atoms with Crippen LogP contribution in [0.3, 0.4) is 0 Å². The highest BCUT2D eigenvalue weighted by Crippen LogP contribution is 2.27. The monoisotopic (exact) mass is 323 g/mol. The first-order valence-corrected chi connectivity index (χ1v) is 7.98. The Balaban J connectivity index is 1.66. The molecule has 1 atom stereocenters. The Labute approximate surface area is 136 Å². The molecule has 23 heavy (non-hydrogen) atoms. The van der Waals surface area contributed by atoms with E-state index in [1.165, 1.54) is 11.3 Å². The van der Waals surface area contributed by atoms with Crippen molar-refractivity contribution in [2.45, 2.75) is 13.0 Å². The van der Waals surface area contributed by atoms with Gasteiger partial charge in [-0.05, 0) is 31.2 Å². The van der Waals surface area contributed by atoms with E-state index < -0.39 is 0 Å². The van der Waals surface area contributed by atoms with Gasteiger partial charge in [0.2, 0.25) is 10.8 Å². The summed E-state index contributed by atoms with van der Waals surface area (Å²) in [7, 11) is 0. The average Bonchev–Trinajstić information content (AvgIpc) is 3.17. The third-order valence-corrected chi connectivity index (χ3v) is 4.36. The zero-order chi connectivity index (χ0) is 15.6. The quantitative estimate of drug-likeness (QED) is 0.576. The summed E-state index contributed by atoms with van der Waals surface area (Å²) in [6.45, 7) is 1.97. The molecule has 0 spiro atoms. The lowest BCUT2D eigenvalue weighted by atomic mass is 10.3. The fourth-order valence-corrected chi connectivity index (χ4v) is 3.02. The fraction of sp³-hybridized carbons (Fsp3) is 0.125. The highest BCUT2D eigenvalue weighted by molar-refractivity contribution is 7.16. The van der Waals surface area contributed by atoms with E-state index in [1.54, 1.807) is 10.7 Å². The van der Waals surface area contributed by atoms with E-state index in [9.17, 15) is 0 Å². The maximum Gasteiger partial charge on any atom is 0.235 e. The number of fused-ring (bicyclic) bond motifs is 1. The van der Waals surface area contributed by atoms with E-state index in [-0.39, 0.29) is 6.10 Å². The van der Waals surface area contributed by atoms with E-state index in [0.717, 1.165) is 21.4 Å². The predicted molar refractivity (Wildman–Crippen MR) is 87.4 cm³/mol. The topological polar surface area (TPSA) is 65.2 Å². The fourth-order valence-electron chi connectivity index (χ4n) is 2.20. The van der Waals surface area contributed by atoms with Crippen LogP contribution in [0.2, 0.25) is 0 Å². The van der Waals surface area contributed by atoms with Crippen molar-refractivity contribution in [1.82, 2.24) is 24.8 Å². The van der Waals surface area contributed by atoms with Crippen molar-refractivity contribution in [3.63, 3.8) is 0 Å². The van der Waals surface area contributed by atoms with Crippen LogP contribution < -0.4 is 4.74 Å². The van der Waals surface area contributed by atoms with E-state index in [4.69, 9.17) is 4.74 Å². The largest absolute Gasteiger partial charge is 0.483 e. The lowest BCUT2D eigenvalue weighted by Gasteiger charge is -2.11. The molecule has 0 aliphatic rings. The van der Waals surface area contributed by atoms with Crippen molar-refractivity contribution in [2.24, 2.45) is 0 Å². The van der Waals surface area contributed by atoms with Crippen molar-refractivity contribution >= 4 is 16.3 Å². The Hall–Kier alpha value is -2.80. The Morgan fingerprint density at radius 1 is 1.04 bits per heavy atom. The highest BCUT2D eigenvalue weighted by Gasteiger charge is 2.18. The molecule has 0 aliphatic heterocycles. The van der Waals surface area contributed by atoms with Crippen molar-refractivity contribution < 1.29 is 4.74 Å². The van der Waals surface area contributed by atoms with Gasteiger partial charge < -0.3 is 4.74 Å². The number of hydrogen-bond acceptors (Lipinski definition) is 6. The number of pyridine rings is 1. The molecule has 1 aromatic carbocycles. The number of benzene rings is 1. The van der Waals surface area contributed by atoms with Crippen LogP contribution in [-0.4, -0.2) is 24.8 Å². The zero-order valence-corrected chi connectivity index (χ0v) is 13.1. The summed E-state index contributed by atoms with van der Waals surface area (Å²) in [5.74, 6) is 1.45. The third kappa shape index (κ3) is 2.66. The van der Waals surface area contributed by atoms with Crippen molar-refractivity contribution in [2.75, 3.05) is 0 Å². The number of para-hydroxylation sites is 1.